The zero-order chi connectivity index (χ0) is 43.7. The van der Waals surface area contributed by atoms with Crippen LogP contribution in [0.15, 0.2) is 29.3 Å². The van der Waals surface area contributed by atoms with E-state index in [0.717, 1.165) is 60.2 Å². The van der Waals surface area contributed by atoms with E-state index in [4.69, 9.17) is 62.1 Å². The van der Waals surface area contributed by atoms with Crippen LogP contribution >= 0.6 is 11.8 Å². The smallest absolute Gasteiger partial charge is 0.303 e. The van der Waals surface area contributed by atoms with Gasteiger partial charge in [-0.2, -0.15) is 0 Å². The second-order valence-electron chi connectivity index (χ2n) is 13.7. The zero-order valence-corrected chi connectivity index (χ0v) is 34.7. The highest BCUT2D eigenvalue weighted by molar-refractivity contribution is 7.99. The molecule has 3 fully saturated rings. The highest BCUT2D eigenvalue weighted by Gasteiger charge is 2.57. The van der Waals surface area contributed by atoms with Gasteiger partial charge in [0.05, 0.1) is 24.2 Å². The van der Waals surface area contributed by atoms with Gasteiger partial charge in [0.15, 0.2) is 48.1 Å². The number of anilines is 1. The van der Waals surface area contributed by atoms with Crippen LogP contribution in [0.4, 0.5) is 5.82 Å². The lowest BCUT2D eigenvalue weighted by atomic mass is 9.96. The van der Waals surface area contributed by atoms with E-state index in [1.807, 2.05) is 11.0 Å². The van der Waals surface area contributed by atoms with Crippen molar-refractivity contribution in [2.75, 3.05) is 44.4 Å². The van der Waals surface area contributed by atoms with Gasteiger partial charge >= 0.3 is 41.8 Å². The largest absolute Gasteiger partial charge is 0.463 e. The van der Waals surface area contributed by atoms with E-state index >= 15 is 0 Å². The minimum Gasteiger partial charge on any atom is -0.463 e. The number of carbonyl (C=O) groups is 7. The lowest BCUT2D eigenvalue weighted by Crippen LogP contribution is -2.66. The molecule has 3 saturated heterocycles. The van der Waals surface area contributed by atoms with E-state index in [1.165, 1.54) is 0 Å². The normalized spacial score (nSPS) is 27.8. The molecule has 0 radical (unpaired) electrons. The van der Waals surface area contributed by atoms with Crippen LogP contribution in [-0.2, 0) is 85.7 Å². The summed E-state index contributed by atoms with van der Waals surface area (Å²) < 4.78 is 63.6. The summed E-state index contributed by atoms with van der Waals surface area (Å²) in [7, 11) is 0. The average molecular weight is 866 g/mol. The summed E-state index contributed by atoms with van der Waals surface area (Å²) in [5, 5.41) is 0.351. The molecule has 21 nitrogen and oxygen atoms in total. The third-order valence-electron chi connectivity index (χ3n) is 8.95. The molecular formula is C38H47N3O18S. The van der Waals surface area contributed by atoms with Gasteiger partial charge in [-0.15, -0.1) is 0 Å². The Labute approximate surface area is 348 Å². The maximum atomic E-state index is 12.9. The summed E-state index contributed by atoms with van der Waals surface area (Å²) >= 11 is 1.00. The number of nitrogens with zero attached hydrogens (tertiary/aromatic N) is 3. The number of hydrogen-bond donors (Lipinski definition) is 0. The van der Waals surface area contributed by atoms with Crippen molar-refractivity contribution in [3.05, 3.63) is 24.3 Å². The molecule has 0 amide bonds. The molecule has 5 rings (SSSR count). The Morgan fingerprint density at radius 1 is 0.600 bits per heavy atom. The van der Waals surface area contributed by atoms with E-state index in [2.05, 4.69) is 0 Å². The molecule has 0 spiro atoms. The molecule has 2 aromatic rings. The first-order valence-corrected chi connectivity index (χ1v) is 19.7. The van der Waals surface area contributed by atoms with Crippen LogP contribution in [0.3, 0.4) is 0 Å². The molecule has 1 aromatic carbocycles. The molecule has 0 unspecified atom stereocenters. The van der Waals surface area contributed by atoms with Gasteiger partial charge in [-0.05, 0) is 12.1 Å². The quantitative estimate of drug-likeness (QED) is 0.191. The van der Waals surface area contributed by atoms with Crippen LogP contribution in [0.1, 0.15) is 48.5 Å². The summed E-state index contributed by atoms with van der Waals surface area (Å²) in [6.07, 6.45) is -14.1. The molecule has 0 aliphatic carbocycles. The maximum Gasteiger partial charge on any atom is 0.303 e. The molecule has 3 aliphatic heterocycles. The van der Waals surface area contributed by atoms with Gasteiger partial charge in [0.2, 0.25) is 0 Å². The molecule has 10 atom stereocenters. The molecule has 328 valence electrons. The fraction of sp³-hybridized carbons (Fsp3) is 0.605. The van der Waals surface area contributed by atoms with Crippen molar-refractivity contribution in [3.63, 3.8) is 0 Å². The predicted octanol–water partition coefficient (Wildman–Crippen LogP) is 1.18. The van der Waals surface area contributed by atoms with Gasteiger partial charge in [-0.3, -0.25) is 33.6 Å². The van der Waals surface area contributed by atoms with Crippen molar-refractivity contribution in [1.29, 1.82) is 0 Å². The Balaban J connectivity index is 1.61. The van der Waals surface area contributed by atoms with Gasteiger partial charge in [0.1, 0.15) is 36.6 Å². The van der Waals surface area contributed by atoms with Crippen LogP contribution in [0, 0.1) is 0 Å². The topological polar surface area (TPSA) is 250 Å². The number of benzene rings is 1. The molecule has 0 bridgehead atoms. The Hall–Kier alpha value is -5.16. The molecule has 60 heavy (non-hydrogen) atoms. The van der Waals surface area contributed by atoms with Crippen molar-refractivity contribution in [2.45, 2.75) is 114 Å². The molecule has 1 aromatic heterocycles. The highest BCUT2D eigenvalue weighted by atomic mass is 32.2. The number of carbonyl (C=O) groups excluding carboxylic acids is 7. The fourth-order valence-corrected chi connectivity index (χ4v) is 7.91. The number of aromatic nitrogens is 2. The number of thioether (sulfide) groups is 1. The average Bonchev–Trinajstić information content (AvgIpc) is 3.17. The first-order valence-electron chi connectivity index (χ1n) is 18.9. The standard InChI is InChI=1S/C38H47N3O18S/c1-18(42)50-16-27-29(52-20(3)44)31(53-21(4)45)33(55-23(6)47)37(57-27)59-30-28(17-51-19(2)43)58-38(34(56-24(7)48)32(30)54-22(5)46)60-36-35(41-12-14-49-15-13-41)39-25-10-8-9-11-26(25)40-36/h8-11,27-34,37-38H,12-17H2,1-7H3/t27-,28-,29+,30-,31+,32+,33-,34-,37+,38+/m1/s1. The number of morpholine rings is 1. The second kappa shape index (κ2) is 20.9. The van der Waals surface area contributed by atoms with Crippen molar-refractivity contribution in [1.82, 2.24) is 9.97 Å². The van der Waals surface area contributed by atoms with Gasteiger partial charge in [-0.25, -0.2) is 9.97 Å². The lowest BCUT2D eigenvalue weighted by Gasteiger charge is -2.48. The van der Waals surface area contributed by atoms with Crippen molar-refractivity contribution in [2.24, 2.45) is 0 Å². The Morgan fingerprint density at radius 3 is 1.60 bits per heavy atom. The lowest BCUT2D eigenvalue weighted by molar-refractivity contribution is -0.341. The summed E-state index contributed by atoms with van der Waals surface area (Å²) in [6.45, 7) is 8.35. The SMILES string of the molecule is CC(=O)OC[C@H]1O[C@@H](O[C@H]2[C@H](OC(C)=O)[C@@H](OC(C)=O)[C@H](Sc3nc4ccccc4nc3N3CCOCC3)O[C@@H]2COC(C)=O)[C@H](OC(C)=O)[C@@H](OC(C)=O)[C@H]1OC(C)=O. The van der Waals surface area contributed by atoms with E-state index in [-0.39, 0.29) is 0 Å². The summed E-state index contributed by atoms with van der Waals surface area (Å²) in [5.41, 5.74) is -0.104. The van der Waals surface area contributed by atoms with Crippen molar-refractivity contribution >= 4 is 70.4 Å². The number of ether oxygens (including phenoxy) is 11. The summed E-state index contributed by atoms with van der Waals surface area (Å²) in [4.78, 5) is 99.0. The van der Waals surface area contributed by atoms with Crippen molar-refractivity contribution < 1.29 is 85.7 Å². The monoisotopic (exact) mass is 865 g/mol. The van der Waals surface area contributed by atoms with Gasteiger partial charge in [0.25, 0.3) is 0 Å². The van der Waals surface area contributed by atoms with Crippen LogP contribution in [0.5, 0.6) is 0 Å². The third kappa shape index (κ3) is 12.2. The fourth-order valence-electron chi connectivity index (χ4n) is 6.71. The number of esters is 7. The predicted molar refractivity (Wildman–Crippen MR) is 202 cm³/mol. The van der Waals surface area contributed by atoms with Gasteiger partial charge < -0.3 is 57.0 Å². The van der Waals surface area contributed by atoms with E-state index < -0.39 is 116 Å². The number of hydrogen-bond acceptors (Lipinski definition) is 22. The first-order chi connectivity index (χ1) is 28.5. The minimum absolute atomic E-state index is 0.351. The number of fused-ring (bicyclic) bond motifs is 1. The Bertz CT molecular complexity index is 1910. The molecular weight excluding hydrogens is 818 g/mol. The van der Waals surface area contributed by atoms with Crippen LogP contribution in [0.2, 0.25) is 0 Å². The third-order valence-corrected chi connectivity index (χ3v) is 10.1. The molecule has 22 heteroatoms. The first kappa shape index (κ1) is 45.9. The summed E-state index contributed by atoms with van der Waals surface area (Å²) in [5.74, 6) is -5.33. The Kier molecular flexibility index (Phi) is 16.0. The van der Waals surface area contributed by atoms with Gasteiger partial charge in [-0.1, -0.05) is 23.9 Å². The zero-order valence-electron chi connectivity index (χ0n) is 33.9. The Morgan fingerprint density at radius 2 is 1.07 bits per heavy atom. The van der Waals surface area contributed by atoms with E-state index in [1.54, 1.807) is 18.2 Å². The molecule has 0 N–H and O–H groups in total. The van der Waals surface area contributed by atoms with Gasteiger partial charge in [0, 0.05) is 61.6 Å². The van der Waals surface area contributed by atoms with Crippen molar-refractivity contribution in [3.8, 4) is 0 Å². The highest BCUT2D eigenvalue weighted by Crippen LogP contribution is 2.42. The molecule has 0 saturated carbocycles. The van der Waals surface area contributed by atoms with Crippen LogP contribution < -0.4 is 4.90 Å². The minimum atomic E-state index is -1.81. The summed E-state index contributed by atoms with van der Waals surface area (Å²) in [6, 6.07) is 7.19. The van der Waals surface area contributed by atoms with Crippen LogP contribution in [-0.4, -0.2) is 152 Å². The molecule has 4 heterocycles. The maximum absolute atomic E-state index is 12.9. The van der Waals surface area contributed by atoms with Crippen LogP contribution in [0.25, 0.3) is 11.0 Å². The number of para-hydroxylation sites is 2. The van der Waals surface area contributed by atoms with E-state index in [9.17, 15) is 33.6 Å². The second-order valence-corrected chi connectivity index (χ2v) is 14.8. The molecule has 3 aliphatic rings. The number of rotatable bonds is 14. The van der Waals surface area contributed by atoms with E-state index in [0.29, 0.717) is 48.2 Å².